The predicted molar refractivity (Wildman–Crippen MR) is 235 cm³/mol. The first-order valence-corrected chi connectivity index (χ1v) is 21.7. The molecule has 59 heavy (non-hydrogen) atoms. The summed E-state index contributed by atoms with van der Waals surface area (Å²) in [7, 11) is 0. The summed E-state index contributed by atoms with van der Waals surface area (Å²) in [5.41, 5.74) is 6.70. The number of hydrogen-bond acceptors (Lipinski definition) is 6. The molecule has 5 rings (SSSR count). The van der Waals surface area contributed by atoms with Crippen LogP contribution in [0.4, 0.5) is 0 Å². The Kier molecular flexibility index (Phi) is 16.9. The van der Waals surface area contributed by atoms with Crippen molar-refractivity contribution < 1.29 is 24.0 Å². The number of Topliss-reactive ketones (excluding diaryl/α,β-unsaturated/α-hetero) is 2. The molecule has 3 aromatic carbocycles. The number of amides is 3. The fourth-order valence-electron chi connectivity index (χ4n) is 7.60. The molecule has 0 radical (unpaired) electrons. The highest BCUT2D eigenvalue weighted by Crippen LogP contribution is 2.30. The normalized spacial score (nSPS) is 13.7. The maximum absolute atomic E-state index is 13.6. The van der Waals surface area contributed by atoms with E-state index in [1.165, 1.54) is 28.8 Å². The molecule has 10 nitrogen and oxygen atoms in total. The molecule has 1 aliphatic rings. The molecule has 1 aromatic heterocycles. The molecule has 0 unspecified atom stereocenters. The van der Waals surface area contributed by atoms with E-state index in [0.29, 0.717) is 30.8 Å². The first kappa shape index (κ1) is 45.3. The molecule has 3 amide bonds. The first-order chi connectivity index (χ1) is 28.3. The average molecular weight is 843 g/mol. The van der Waals surface area contributed by atoms with Crippen LogP contribution in [0.3, 0.4) is 0 Å². The van der Waals surface area contributed by atoms with Gasteiger partial charge in [-0.05, 0) is 90.1 Å². The minimum absolute atomic E-state index is 0.0119. The molecule has 12 heteroatoms. The molecular formula is C47H57Cl2N5O5. The summed E-state index contributed by atoms with van der Waals surface area (Å²) in [6.45, 7) is 8.25. The number of H-pyrrole nitrogens is 1. The number of halogens is 2. The molecule has 0 bridgehead atoms. The van der Waals surface area contributed by atoms with Gasteiger partial charge in [0.25, 0.3) is 5.91 Å². The van der Waals surface area contributed by atoms with Gasteiger partial charge < -0.3 is 20.9 Å². The van der Waals surface area contributed by atoms with Crippen LogP contribution in [-0.4, -0.2) is 58.4 Å². The lowest BCUT2D eigenvalue weighted by atomic mass is 9.91. The average Bonchev–Trinajstić information content (AvgIpc) is 3.81. The SMILES string of the molecule is CC[C@@H](C)[C@H](NC(=O)CCCCCCNC(=O)[C@@H](CC(=O)CNC(=O)c1cc(Cl)ccc1Cl)CC(C)C)C(=O)Cc1ccc2nc(CC3=CCc4ccccc43)[nH]c2c1. The lowest BCUT2D eigenvalue weighted by molar-refractivity contribution is -0.129. The summed E-state index contributed by atoms with van der Waals surface area (Å²) in [6.07, 6.45) is 8.77. The van der Waals surface area contributed by atoms with Crippen LogP contribution in [-0.2, 0) is 38.4 Å². The molecule has 4 N–H and O–H groups in total. The molecule has 314 valence electrons. The summed E-state index contributed by atoms with van der Waals surface area (Å²) in [4.78, 5) is 73.3. The zero-order valence-electron chi connectivity index (χ0n) is 34.6. The quantitative estimate of drug-likeness (QED) is 0.0549. The van der Waals surface area contributed by atoms with Gasteiger partial charge in [-0.3, -0.25) is 24.0 Å². The Bertz CT molecular complexity index is 2160. The van der Waals surface area contributed by atoms with E-state index in [-0.39, 0.29) is 65.2 Å². The van der Waals surface area contributed by atoms with Gasteiger partial charge in [0.1, 0.15) is 5.82 Å². The number of allylic oxidation sites excluding steroid dienone is 2. The van der Waals surface area contributed by atoms with Crippen molar-refractivity contribution in [3.63, 3.8) is 0 Å². The van der Waals surface area contributed by atoms with E-state index in [2.05, 4.69) is 51.3 Å². The second-order valence-corrected chi connectivity index (χ2v) is 17.1. The highest BCUT2D eigenvalue weighted by atomic mass is 35.5. The highest BCUT2D eigenvalue weighted by Gasteiger charge is 2.27. The van der Waals surface area contributed by atoms with Crippen LogP contribution in [0.2, 0.25) is 10.0 Å². The number of aromatic nitrogens is 2. The second-order valence-electron chi connectivity index (χ2n) is 16.2. The van der Waals surface area contributed by atoms with E-state index in [1.54, 1.807) is 6.07 Å². The number of imidazole rings is 1. The number of ketones is 2. The Balaban J connectivity index is 1.01. The number of carbonyl (C=O) groups is 5. The lowest BCUT2D eigenvalue weighted by Gasteiger charge is -2.23. The third-order valence-electron chi connectivity index (χ3n) is 11.0. The number of aromatic amines is 1. The third-order valence-corrected chi connectivity index (χ3v) is 11.6. The monoisotopic (exact) mass is 841 g/mol. The van der Waals surface area contributed by atoms with Crippen molar-refractivity contribution in [2.75, 3.05) is 13.1 Å². The first-order valence-electron chi connectivity index (χ1n) is 20.9. The van der Waals surface area contributed by atoms with E-state index in [1.807, 2.05) is 45.9 Å². The Morgan fingerprint density at radius 2 is 1.68 bits per heavy atom. The van der Waals surface area contributed by atoms with Crippen LogP contribution in [0.25, 0.3) is 16.6 Å². The Morgan fingerprint density at radius 1 is 0.898 bits per heavy atom. The van der Waals surface area contributed by atoms with Crippen molar-refractivity contribution in [3.8, 4) is 0 Å². The van der Waals surface area contributed by atoms with Crippen molar-refractivity contribution >= 4 is 69.1 Å². The maximum atomic E-state index is 13.6. The van der Waals surface area contributed by atoms with Gasteiger partial charge in [-0.25, -0.2) is 4.98 Å². The topological polar surface area (TPSA) is 150 Å². The van der Waals surface area contributed by atoms with Gasteiger partial charge in [0, 0.05) is 43.2 Å². The zero-order chi connectivity index (χ0) is 42.5. The number of benzene rings is 3. The predicted octanol–water partition coefficient (Wildman–Crippen LogP) is 8.81. The van der Waals surface area contributed by atoms with Crippen LogP contribution in [0.15, 0.2) is 66.7 Å². The molecule has 0 aliphatic heterocycles. The van der Waals surface area contributed by atoms with Crippen molar-refractivity contribution in [2.45, 2.75) is 104 Å². The van der Waals surface area contributed by atoms with Crippen molar-refractivity contribution in [1.29, 1.82) is 0 Å². The number of unbranched alkanes of at least 4 members (excludes halogenated alkanes) is 3. The van der Waals surface area contributed by atoms with E-state index in [9.17, 15) is 24.0 Å². The van der Waals surface area contributed by atoms with Gasteiger partial charge in [-0.15, -0.1) is 0 Å². The lowest BCUT2D eigenvalue weighted by Crippen LogP contribution is -2.45. The van der Waals surface area contributed by atoms with Crippen LogP contribution < -0.4 is 16.0 Å². The minimum atomic E-state index is -0.575. The maximum Gasteiger partial charge on any atom is 0.253 e. The summed E-state index contributed by atoms with van der Waals surface area (Å²) in [5.74, 6) is -0.532. The van der Waals surface area contributed by atoms with Gasteiger partial charge in [0.15, 0.2) is 11.6 Å². The largest absolute Gasteiger partial charge is 0.356 e. The Labute approximate surface area is 357 Å². The van der Waals surface area contributed by atoms with E-state index < -0.39 is 17.9 Å². The minimum Gasteiger partial charge on any atom is -0.356 e. The Hall–Kier alpha value is -4.80. The number of nitrogens with zero attached hydrogens (tertiary/aromatic N) is 1. The van der Waals surface area contributed by atoms with Gasteiger partial charge >= 0.3 is 0 Å². The van der Waals surface area contributed by atoms with Gasteiger partial charge in [-0.2, -0.15) is 0 Å². The van der Waals surface area contributed by atoms with Crippen molar-refractivity contribution in [2.24, 2.45) is 17.8 Å². The van der Waals surface area contributed by atoms with Crippen LogP contribution >= 0.6 is 23.2 Å². The highest BCUT2D eigenvalue weighted by molar-refractivity contribution is 6.35. The molecular weight excluding hydrogens is 785 g/mol. The number of nitrogens with one attached hydrogen (secondary N) is 4. The second kappa shape index (κ2) is 22.0. The van der Waals surface area contributed by atoms with Crippen molar-refractivity contribution in [1.82, 2.24) is 25.9 Å². The third kappa shape index (κ3) is 13.4. The van der Waals surface area contributed by atoms with Crippen LogP contribution in [0.5, 0.6) is 0 Å². The Morgan fingerprint density at radius 3 is 2.46 bits per heavy atom. The van der Waals surface area contributed by atoms with E-state index in [4.69, 9.17) is 28.2 Å². The standard InChI is InChI=1S/C47H57Cl2N5O5/c1-5-30(4)45(42(56)24-31-15-20-40-41(23-31)53-43(52-40)26-33-17-16-32-12-9-10-13-37(32)33)54-44(57)14-8-6-7-11-21-50-46(58)34(22-29(2)3)25-36(55)28-51-47(59)38-27-35(48)18-19-39(38)49/h9-10,12-13,15,17-20,23,27,29-30,34,45H,5-8,11,14,16,21-22,24-26,28H2,1-4H3,(H,50,58)(H,51,59)(H,52,53)(H,54,57)/t30-,34-,45+/m1/s1. The van der Waals surface area contributed by atoms with Crippen molar-refractivity contribution in [3.05, 3.63) is 105 Å². The van der Waals surface area contributed by atoms with E-state index in [0.717, 1.165) is 60.9 Å². The van der Waals surface area contributed by atoms with E-state index >= 15 is 0 Å². The molecule has 0 fully saturated rings. The number of hydrogen-bond donors (Lipinski definition) is 4. The van der Waals surface area contributed by atoms with Gasteiger partial charge in [0.2, 0.25) is 11.8 Å². The molecule has 0 spiro atoms. The van der Waals surface area contributed by atoms with Crippen LogP contribution in [0.1, 0.15) is 112 Å². The fraction of sp³-hybridized carbons (Fsp3) is 0.447. The molecule has 4 aromatic rings. The molecule has 0 saturated heterocycles. The number of rotatable bonds is 23. The number of fused-ring (bicyclic) bond motifs is 2. The molecule has 3 atom stereocenters. The van der Waals surface area contributed by atoms with Gasteiger partial charge in [0.05, 0.1) is 34.2 Å². The fourth-order valence-corrected chi connectivity index (χ4v) is 7.98. The molecule has 1 heterocycles. The summed E-state index contributed by atoms with van der Waals surface area (Å²) in [6, 6.07) is 18.3. The summed E-state index contributed by atoms with van der Waals surface area (Å²) < 4.78 is 0. The zero-order valence-corrected chi connectivity index (χ0v) is 36.1. The van der Waals surface area contributed by atoms with Gasteiger partial charge in [-0.1, -0.05) is 107 Å². The molecule has 1 aliphatic carbocycles. The molecule has 0 saturated carbocycles. The smallest absolute Gasteiger partial charge is 0.253 e. The summed E-state index contributed by atoms with van der Waals surface area (Å²) in [5, 5.41) is 9.17. The number of carbonyl (C=O) groups excluding carboxylic acids is 5. The van der Waals surface area contributed by atoms with Crippen LogP contribution in [0, 0.1) is 17.8 Å². The summed E-state index contributed by atoms with van der Waals surface area (Å²) >= 11 is 12.1.